The summed E-state index contributed by atoms with van der Waals surface area (Å²) in [7, 11) is 0. The molecule has 2 heterocycles. The number of nitrogens with zero attached hydrogens (tertiary/aromatic N) is 4. The monoisotopic (exact) mass is 484 g/mol. The number of carbonyl (C=O) groups is 1. The molecule has 0 fully saturated rings. The van der Waals surface area contributed by atoms with Gasteiger partial charge in [-0.05, 0) is 36.8 Å². The van der Waals surface area contributed by atoms with E-state index >= 15 is 0 Å². The zero-order chi connectivity index (χ0) is 22.7. The third-order valence-electron chi connectivity index (χ3n) is 4.74. The molecule has 1 amide bonds. The van der Waals surface area contributed by atoms with Gasteiger partial charge in [-0.1, -0.05) is 48.5 Å². The van der Waals surface area contributed by atoms with Crippen LogP contribution in [0.2, 0.25) is 5.02 Å². The first-order valence-electron chi connectivity index (χ1n) is 10.1. The van der Waals surface area contributed by atoms with Gasteiger partial charge in [-0.15, -0.1) is 11.3 Å². The second-order valence-electron chi connectivity index (χ2n) is 7.11. The Morgan fingerprint density at radius 2 is 1.97 bits per heavy atom. The van der Waals surface area contributed by atoms with Gasteiger partial charge in [0.2, 0.25) is 5.91 Å². The Labute approximate surface area is 198 Å². The van der Waals surface area contributed by atoms with Gasteiger partial charge < -0.3 is 0 Å². The number of rotatable bonds is 7. The largest absolute Gasteiger partial charge is 0.287 e. The highest BCUT2D eigenvalue weighted by Gasteiger charge is 2.18. The van der Waals surface area contributed by atoms with Crippen molar-refractivity contribution in [1.29, 1.82) is 0 Å². The maximum atomic E-state index is 13.0. The zero-order valence-electron chi connectivity index (χ0n) is 17.6. The topological polar surface area (TPSA) is 68.1 Å². The Morgan fingerprint density at radius 3 is 2.69 bits per heavy atom. The number of anilines is 2. The third-order valence-corrected chi connectivity index (χ3v) is 6.86. The van der Waals surface area contributed by atoms with Gasteiger partial charge in [0.15, 0.2) is 10.3 Å². The molecule has 0 aliphatic rings. The van der Waals surface area contributed by atoms with Crippen molar-refractivity contribution < 1.29 is 4.79 Å². The Hall–Kier alpha value is -2.68. The molecule has 0 saturated heterocycles. The van der Waals surface area contributed by atoms with Crippen LogP contribution in [-0.4, -0.2) is 20.4 Å². The van der Waals surface area contributed by atoms with Crippen molar-refractivity contribution in [3.8, 4) is 0 Å². The van der Waals surface area contributed by atoms with Crippen molar-refractivity contribution >= 4 is 62.3 Å². The van der Waals surface area contributed by atoms with E-state index in [4.69, 9.17) is 16.6 Å². The smallest absolute Gasteiger partial charge is 0.262 e. The molecule has 0 saturated carbocycles. The summed E-state index contributed by atoms with van der Waals surface area (Å²) in [5, 5.41) is 4.28. The van der Waals surface area contributed by atoms with E-state index in [2.05, 4.69) is 4.98 Å². The molecule has 0 aliphatic carbocycles. The fraction of sp³-hybridized carbons (Fsp3) is 0.217. The van der Waals surface area contributed by atoms with Crippen LogP contribution in [0.15, 0.2) is 63.9 Å². The predicted octanol–water partition coefficient (Wildman–Crippen LogP) is 5.89. The first kappa shape index (κ1) is 22.5. The van der Waals surface area contributed by atoms with Gasteiger partial charge in [0.1, 0.15) is 0 Å². The number of thiazole rings is 1. The molecule has 4 rings (SSSR count). The van der Waals surface area contributed by atoms with Crippen LogP contribution >= 0.6 is 34.7 Å². The fourth-order valence-corrected chi connectivity index (χ4v) is 5.39. The lowest BCUT2D eigenvalue weighted by Crippen LogP contribution is -2.23. The maximum absolute atomic E-state index is 13.0. The number of aromatic nitrogens is 3. The van der Waals surface area contributed by atoms with Gasteiger partial charge in [0.25, 0.3) is 5.56 Å². The van der Waals surface area contributed by atoms with Gasteiger partial charge in [0.05, 0.1) is 22.3 Å². The molecule has 32 heavy (non-hydrogen) atoms. The second kappa shape index (κ2) is 9.85. The number of para-hydroxylation sites is 1. The molecule has 0 spiro atoms. The molecule has 0 aliphatic heterocycles. The number of thioether (sulfide) groups is 1. The van der Waals surface area contributed by atoms with E-state index in [1.807, 2.05) is 42.6 Å². The highest BCUT2D eigenvalue weighted by atomic mass is 35.5. The van der Waals surface area contributed by atoms with E-state index in [9.17, 15) is 9.59 Å². The summed E-state index contributed by atoms with van der Waals surface area (Å²) in [6, 6.07) is 14.6. The number of hydrogen-bond donors (Lipinski definition) is 0. The summed E-state index contributed by atoms with van der Waals surface area (Å²) >= 11 is 8.98. The molecule has 9 heteroatoms. The van der Waals surface area contributed by atoms with Crippen molar-refractivity contribution in [2.24, 2.45) is 0 Å². The Morgan fingerprint density at radius 1 is 1.19 bits per heavy atom. The number of carbonyl (C=O) groups excluding carboxylic acids is 1. The highest BCUT2D eigenvalue weighted by molar-refractivity contribution is 7.98. The van der Waals surface area contributed by atoms with Gasteiger partial charge in [-0.25, -0.2) is 9.97 Å². The van der Waals surface area contributed by atoms with E-state index in [0.29, 0.717) is 38.5 Å². The first-order valence-corrected chi connectivity index (χ1v) is 12.3. The zero-order valence-corrected chi connectivity index (χ0v) is 20.0. The summed E-state index contributed by atoms with van der Waals surface area (Å²) in [5.74, 6) is 0.425. The lowest BCUT2D eigenvalue weighted by molar-refractivity contribution is -0.115. The molecule has 0 N–H and O–H groups in total. The Kier molecular flexibility index (Phi) is 6.93. The molecular weight excluding hydrogens is 464 g/mol. The number of fused-ring (bicyclic) bond motifs is 1. The van der Waals surface area contributed by atoms with Gasteiger partial charge >= 0.3 is 0 Å². The van der Waals surface area contributed by atoms with Crippen molar-refractivity contribution in [1.82, 2.24) is 14.5 Å². The van der Waals surface area contributed by atoms with E-state index in [0.717, 1.165) is 17.8 Å². The molecule has 0 bridgehead atoms. The SMILES string of the molecule is CCCn1c(SCc2csc(N(C(C)=O)c3ccccc3)n2)nc2cc(Cl)ccc2c1=O. The normalized spacial score (nSPS) is 11.1. The Bertz CT molecular complexity index is 1320. The van der Waals surface area contributed by atoms with Crippen LogP contribution in [0.5, 0.6) is 0 Å². The molecule has 2 aromatic heterocycles. The number of benzene rings is 2. The third kappa shape index (κ3) is 4.72. The standard InChI is InChI=1S/C23H21ClN4O2S2/c1-3-11-27-21(30)19-10-9-16(24)12-20(19)26-22(27)31-13-17-14-32-23(25-17)28(15(2)29)18-7-5-4-6-8-18/h4-10,12,14H,3,11,13H2,1-2H3. The summed E-state index contributed by atoms with van der Waals surface area (Å²) in [6.07, 6.45) is 0.819. The van der Waals surface area contributed by atoms with E-state index < -0.39 is 0 Å². The van der Waals surface area contributed by atoms with Gasteiger partial charge in [-0.2, -0.15) is 0 Å². The minimum atomic E-state index is -0.102. The molecule has 164 valence electrons. The number of hydrogen-bond acceptors (Lipinski definition) is 6. The van der Waals surface area contributed by atoms with Crippen LogP contribution < -0.4 is 10.5 Å². The number of amides is 1. The molecule has 0 radical (unpaired) electrons. The van der Waals surface area contributed by atoms with Crippen molar-refractivity contribution in [3.63, 3.8) is 0 Å². The van der Waals surface area contributed by atoms with Crippen molar-refractivity contribution in [2.45, 2.75) is 37.7 Å². The molecule has 4 aromatic rings. The summed E-state index contributed by atoms with van der Waals surface area (Å²) < 4.78 is 1.71. The molecule has 6 nitrogen and oxygen atoms in total. The van der Waals surface area contributed by atoms with Crippen LogP contribution in [0.4, 0.5) is 10.8 Å². The fourth-order valence-electron chi connectivity index (χ4n) is 3.31. The minimum Gasteiger partial charge on any atom is -0.287 e. The molecular formula is C23H21ClN4O2S2. The molecule has 2 aromatic carbocycles. The van der Waals surface area contributed by atoms with E-state index in [-0.39, 0.29) is 11.5 Å². The minimum absolute atomic E-state index is 0.0678. The average Bonchev–Trinajstić information content (AvgIpc) is 3.23. The second-order valence-corrected chi connectivity index (χ2v) is 9.33. The lowest BCUT2D eigenvalue weighted by Gasteiger charge is -2.17. The van der Waals surface area contributed by atoms with Crippen LogP contribution in [0.1, 0.15) is 26.0 Å². The van der Waals surface area contributed by atoms with Crippen LogP contribution in [0.25, 0.3) is 10.9 Å². The molecule has 0 atom stereocenters. The maximum Gasteiger partial charge on any atom is 0.262 e. The van der Waals surface area contributed by atoms with Crippen LogP contribution in [0, 0.1) is 0 Å². The van der Waals surface area contributed by atoms with E-state index in [1.54, 1.807) is 27.7 Å². The van der Waals surface area contributed by atoms with E-state index in [1.165, 1.54) is 30.0 Å². The average molecular weight is 485 g/mol. The van der Waals surface area contributed by atoms with Crippen LogP contribution in [-0.2, 0) is 17.1 Å². The predicted molar refractivity (Wildman–Crippen MR) is 132 cm³/mol. The lowest BCUT2D eigenvalue weighted by atomic mass is 10.2. The quantitative estimate of drug-likeness (QED) is 0.241. The summed E-state index contributed by atoms with van der Waals surface area (Å²) in [5.41, 5.74) is 2.11. The first-order chi connectivity index (χ1) is 15.5. The van der Waals surface area contributed by atoms with Gasteiger partial charge in [0, 0.05) is 29.6 Å². The molecule has 0 unspecified atom stereocenters. The summed E-state index contributed by atoms with van der Waals surface area (Å²) in [6.45, 7) is 4.14. The number of halogens is 1. The van der Waals surface area contributed by atoms with Crippen molar-refractivity contribution in [3.05, 3.63) is 75.0 Å². The highest BCUT2D eigenvalue weighted by Crippen LogP contribution is 2.31. The Balaban J connectivity index is 1.62. The van der Waals surface area contributed by atoms with Crippen molar-refractivity contribution in [2.75, 3.05) is 4.90 Å². The van der Waals surface area contributed by atoms with Crippen LogP contribution in [0.3, 0.4) is 0 Å². The van der Waals surface area contributed by atoms with Gasteiger partial charge in [-0.3, -0.25) is 19.1 Å². The summed E-state index contributed by atoms with van der Waals surface area (Å²) in [4.78, 5) is 36.2.